The smallest absolute Gasteiger partial charge is 0.134 e. The number of hydrogen-bond acceptors (Lipinski definition) is 4. The predicted molar refractivity (Wildman–Crippen MR) is 79.5 cm³/mol. The fourth-order valence-corrected chi connectivity index (χ4v) is 3.70. The molecule has 2 aliphatic heterocycles. The van der Waals surface area contributed by atoms with Gasteiger partial charge in [0.05, 0.1) is 0 Å². The summed E-state index contributed by atoms with van der Waals surface area (Å²) < 4.78 is 2.32. The van der Waals surface area contributed by atoms with Gasteiger partial charge in [0.2, 0.25) is 0 Å². The Morgan fingerprint density at radius 2 is 2.05 bits per heavy atom. The summed E-state index contributed by atoms with van der Waals surface area (Å²) in [5.74, 6) is 2.26. The molecule has 3 rings (SSSR count). The average Bonchev–Trinajstić information content (AvgIpc) is 2.81. The summed E-state index contributed by atoms with van der Waals surface area (Å²) in [5, 5.41) is 8.81. The van der Waals surface area contributed by atoms with Gasteiger partial charge in [-0.15, -0.1) is 10.2 Å². The molecule has 0 saturated carbocycles. The largest absolute Gasteiger partial charge is 0.327 e. The highest BCUT2D eigenvalue weighted by Crippen LogP contribution is 2.23. The maximum absolute atomic E-state index is 6.02. The molecule has 1 aromatic heterocycles. The second-order valence-electron chi connectivity index (χ2n) is 6.62. The predicted octanol–water partition coefficient (Wildman–Crippen LogP) is 1.36. The second kappa shape index (κ2) is 5.82. The molecule has 0 bridgehead atoms. The Balaban J connectivity index is 1.74. The minimum Gasteiger partial charge on any atom is -0.327 e. The lowest BCUT2D eigenvalue weighted by molar-refractivity contribution is 0.109. The molecule has 112 valence electrons. The van der Waals surface area contributed by atoms with E-state index in [0.717, 1.165) is 31.6 Å². The molecule has 20 heavy (non-hydrogen) atoms. The third kappa shape index (κ3) is 2.74. The van der Waals surface area contributed by atoms with Crippen molar-refractivity contribution in [2.45, 2.75) is 77.0 Å². The Morgan fingerprint density at radius 1 is 1.20 bits per heavy atom. The molecule has 1 aromatic rings. The summed E-state index contributed by atoms with van der Waals surface area (Å²) >= 11 is 0. The van der Waals surface area contributed by atoms with Crippen LogP contribution < -0.4 is 5.73 Å². The van der Waals surface area contributed by atoms with Crippen LogP contribution >= 0.6 is 0 Å². The molecular formula is C15H27N5. The molecule has 5 heteroatoms. The first-order valence-corrected chi connectivity index (χ1v) is 8.07. The van der Waals surface area contributed by atoms with Gasteiger partial charge < -0.3 is 10.3 Å². The Kier molecular flexibility index (Phi) is 4.08. The van der Waals surface area contributed by atoms with Crippen molar-refractivity contribution < 1.29 is 0 Å². The number of fused-ring (bicyclic) bond motifs is 1. The van der Waals surface area contributed by atoms with Gasteiger partial charge in [-0.25, -0.2) is 0 Å². The summed E-state index contributed by atoms with van der Waals surface area (Å²) in [6, 6.07) is 1.52. The first-order valence-electron chi connectivity index (χ1n) is 8.07. The van der Waals surface area contributed by atoms with Gasteiger partial charge in [-0.3, -0.25) is 4.90 Å². The number of likely N-dealkylation sites (tertiary alicyclic amines) is 1. The van der Waals surface area contributed by atoms with E-state index >= 15 is 0 Å². The summed E-state index contributed by atoms with van der Waals surface area (Å²) in [6.07, 6.45) is 6.95. The van der Waals surface area contributed by atoms with E-state index in [1.54, 1.807) is 0 Å². The maximum Gasteiger partial charge on any atom is 0.134 e. The van der Waals surface area contributed by atoms with Crippen LogP contribution in [0.1, 0.15) is 51.2 Å². The summed E-state index contributed by atoms with van der Waals surface area (Å²) in [6.45, 7) is 6.83. The van der Waals surface area contributed by atoms with Crippen LogP contribution in [0.3, 0.4) is 0 Å². The fourth-order valence-electron chi connectivity index (χ4n) is 3.70. The quantitative estimate of drug-likeness (QED) is 0.906. The lowest BCUT2D eigenvalue weighted by atomic mass is 9.97. The van der Waals surface area contributed by atoms with E-state index in [4.69, 9.17) is 5.73 Å². The molecule has 1 fully saturated rings. The minimum atomic E-state index is 0.265. The highest BCUT2D eigenvalue weighted by Gasteiger charge is 2.28. The van der Waals surface area contributed by atoms with E-state index in [0.29, 0.717) is 12.1 Å². The topological polar surface area (TPSA) is 60.0 Å². The summed E-state index contributed by atoms with van der Waals surface area (Å²) in [5.41, 5.74) is 6.02. The molecular weight excluding hydrogens is 250 g/mol. The van der Waals surface area contributed by atoms with Crippen LogP contribution in [0.25, 0.3) is 0 Å². The van der Waals surface area contributed by atoms with Crippen molar-refractivity contribution >= 4 is 0 Å². The molecule has 0 aromatic carbocycles. The number of aromatic nitrogens is 3. The van der Waals surface area contributed by atoms with Crippen molar-refractivity contribution in [1.82, 2.24) is 19.7 Å². The highest BCUT2D eigenvalue weighted by atomic mass is 15.3. The van der Waals surface area contributed by atoms with Crippen molar-refractivity contribution in [3.63, 3.8) is 0 Å². The standard InChI is InChI=1S/C15H27N5/c1-11(2)19-7-4-3-5-13(19)10-15-18-17-14-9-12(16)6-8-20(14)15/h11-13H,3-10,16H2,1-2H3. The zero-order valence-corrected chi connectivity index (χ0v) is 12.8. The molecule has 0 radical (unpaired) electrons. The van der Waals surface area contributed by atoms with Crippen LogP contribution in [0.15, 0.2) is 0 Å². The Labute approximate surface area is 121 Å². The van der Waals surface area contributed by atoms with Gasteiger partial charge >= 0.3 is 0 Å². The normalized spacial score (nSPS) is 27.8. The molecule has 2 N–H and O–H groups in total. The maximum atomic E-state index is 6.02. The molecule has 2 unspecified atom stereocenters. The second-order valence-corrected chi connectivity index (χ2v) is 6.62. The van der Waals surface area contributed by atoms with Crippen LogP contribution in [-0.4, -0.2) is 44.3 Å². The third-order valence-electron chi connectivity index (χ3n) is 4.83. The van der Waals surface area contributed by atoms with E-state index in [1.165, 1.54) is 31.6 Å². The monoisotopic (exact) mass is 277 g/mol. The molecule has 3 heterocycles. The molecule has 1 saturated heterocycles. The van der Waals surface area contributed by atoms with Gasteiger partial charge in [0.25, 0.3) is 0 Å². The number of nitrogens with two attached hydrogens (primary N) is 1. The Bertz CT molecular complexity index is 453. The van der Waals surface area contributed by atoms with Gasteiger partial charge in [-0.2, -0.15) is 0 Å². The van der Waals surface area contributed by atoms with Gasteiger partial charge in [-0.05, 0) is 39.7 Å². The van der Waals surface area contributed by atoms with Crippen LogP contribution in [0.5, 0.6) is 0 Å². The summed E-state index contributed by atoms with van der Waals surface area (Å²) in [4.78, 5) is 2.64. The van der Waals surface area contributed by atoms with Gasteiger partial charge in [-0.1, -0.05) is 6.42 Å². The van der Waals surface area contributed by atoms with Gasteiger partial charge in [0, 0.05) is 37.5 Å². The molecule has 0 amide bonds. The van der Waals surface area contributed by atoms with Crippen molar-refractivity contribution in [1.29, 1.82) is 0 Å². The zero-order valence-electron chi connectivity index (χ0n) is 12.8. The van der Waals surface area contributed by atoms with Crippen LogP contribution in [-0.2, 0) is 19.4 Å². The molecule has 0 spiro atoms. The first kappa shape index (κ1) is 14.0. The van der Waals surface area contributed by atoms with Crippen molar-refractivity contribution in [2.24, 2.45) is 5.73 Å². The van der Waals surface area contributed by atoms with Crippen LogP contribution in [0.4, 0.5) is 0 Å². The van der Waals surface area contributed by atoms with Crippen molar-refractivity contribution in [3.8, 4) is 0 Å². The fraction of sp³-hybridized carbons (Fsp3) is 0.867. The number of nitrogens with zero attached hydrogens (tertiary/aromatic N) is 4. The molecule has 2 atom stereocenters. The third-order valence-corrected chi connectivity index (χ3v) is 4.83. The van der Waals surface area contributed by atoms with Gasteiger partial charge in [0.15, 0.2) is 0 Å². The van der Waals surface area contributed by atoms with Gasteiger partial charge in [0.1, 0.15) is 11.6 Å². The van der Waals surface area contributed by atoms with Crippen LogP contribution in [0.2, 0.25) is 0 Å². The van der Waals surface area contributed by atoms with E-state index in [9.17, 15) is 0 Å². The first-order chi connectivity index (χ1) is 9.65. The van der Waals surface area contributed by atoms with Crippen molar-refractivity contribution in [2.75, 3.05) is 6.54 Å². The highest BCUT2D eigenvalue weighted by molar-refractivity contribution is 5.03. The zero-order chi connectivity index (χ0) is 14.1. The van der Waals surface area contributed by atoms with E-state index < -0.39 is 0 Å². The minimum absolute atomic E-state index is 0.265. The molecule has 5 nitrogen and oxygen atoms in total. The van der Waals surface area contributed by atoms with E-state index in [2.05, 4.69) is 33.5 Å². The molecule has 0 aliphatic carbocycles. The summed E-state index contributed by atoms with van der Waals surface area (Å²) in [7, 11) is 0. The Hall–Kier alpha value is -0.940. The molecule has 2 aliphatic rings. The van der Waals surface area contributed by atoms with E-state index in [-0.39, 0.29) is 6.04 Å². The SMILES string of the molecule is CC(C)N1CCCCC1Cc1nnc2n1CCC(N)C2. The Morgan fingerprint density at radius 3 is 2.85 bits per heavy atom. The van der Waals surface area contributed by atoms with E-state index in [1.807, 2.05) is 0 Å². The van der Waals surface area contributed by atoms with Crippen LogP contribution in [0, 0.1) is 0 Å². The number of rotatable bonds is 3. The van der Waals surface area contributed by atoms with Crippen molar-refractivity contribution in [3.05, 3.63) is 11.6 Å². The number of piperidine rings is 1. The number of hydrogen-bond donors (Lipinski definition) is 1. The lowest BCUT2D eigenvalue weighted by Crippen LogP contribution is -2.45. The average molecular weight is 277 g/mol. The lowest BCUT2D eigenvalue weighted by Gasteiger charge is -2.38.